The highest BCUT2D eigenvalue weighted by Crippen LogP contribution is 2.36. The number of aromatic nitrogens is 1. The number of nitrogens with zero attached hydrogens (tertiary/aromatic N) is 1. The van der Waals surface area contributed by atoms with Crippen molar-refractivity contribution in [3.05, 3.63) is 65.4 Å². The summed E-state index contributed by atoms with van der Waals surface area (Å²) in [5.74, 6) is 2.49. The highest BCUT2D eigenvalue weighted by Gasteiger charge is 2.25. The van der Waals surface area contributed by atoms with Crippen LogP contribution < -0.4 is 9.47 Å². The molecule has 0 fully saturated rings. The van der Waals surface area contributed by atoms with Gasteiger partial charge in [0.25, 0.3) is 0 Å². The average Bonchev–Trinajstić information content (AvgIpc) is 3.38. The maximum Gasteiger partial charge on any atom is 0.231 e. The third-order valence-corrected chi connectivity index (χ3v) is 6.75. The lowest BCUT2D eigenvalue weighted by Gasteiger charge is -2.32. The van der Waals surface area contributed by atoms with Crippen LogP contribution in [-0.2, 0) is 12.8 Å². The first-order valence-corrected chi connectivity index (χ1v) is 10.7. The van der Waals surface area contributed by atoms with Crippen molar-refractivity contribution in [2.45, 2.75) is 25.7 Å². The molecule has 3 aromatic rings. The van der Waals surface area contributed by atoms with E-state index in [1.54, 1.807) is 5.56 Å². The van der Waals surface area contributed by atoms with E-state index in [0.717, 1.165) is 36.9 Å². The van der Waals surface area contributed by atoms with E-state index in [1.807, 2.05) is 6.07 Å². The number of ether oxygens (including phenoxy) is 2. The third-order valence-electron chi connectivity index (χ3n) is 6.75. The van der Waals surface area contributed by atoms with Crippen molar-refractivity contribution in [1.82, 2.24) is 9.88 Å². The maximum absolute atomic E-state index is 5.54. The van der Waals surface area contributed by atoms with Crippen LogP contribution in [0.5, 0.6) is 11.5 Å². The van der Waals surface area contributed by atoms with Gasteiger partial charge in [-0.2, -0.15) is 0 Å². The van der Waals surface area contributed by atoms with Crippen molar-refractivity contribution >= 4 is 16.5 Å². The quantitative estimate of drug-likeness (QED) is 0.703. The summed E-state index contributed by atoms with van der Waals surface area (Å²) in [4.78, 5) is 6.27. The van der Waals surface area contributed by atoms with E-state index in [9.17, 15) is 0 Å². The fourth-order valence-corrected chi connectivity index (χ4v) is 5.20. The predicted molar refractivity (Wildman–Crippen MR) is 115 cm³/mol. The zero-order valence-electron chi connectivity index (χ0n) is 16.6. The molecule has 1 N–H and O–H groups in total. The molecule has 29 heavy (non-hydrogen) atoms. The van der Waals surface area contributed by atoms with Crippen LogP contribution in [0.3, 0.4) is 0 Å². The molecule has 0 amide bonds. The molecule has 4 heteroatoms. The molecule has 1 unspecified atom stereocenters. The Labute approximate surface area is 171 Å². The first-order chi connectivity index (χ1) is 14.3. The smallest absolute Gasteiger partial charge is 0.231 e. The number of aryl methyl sites for hydroxylation is 1. The Kier molecular flexibility index (Phi) is 4.12. The molecule has 3 heterocycles. The van der Waals surface area contributed by atoms with E-state index >= 15 is 0 Å². The molecule has 1 atom stereocenters. The summed E-state index contributed by atoms with van der Waals surface area (Å²) in [5, 5.41) is 1.43. The molecule has 0 bridgehead atoms. The summed E-state index contributed by atoms with van der Waals surface area (Å²) in [6.45, 7) is 3.72. The maximum atomic E-state index is 5.54. The molecule has 0 radical (unpaired) electrons. The fraction of sp³-hybridized carbons (Fsp3) is 0.360. The number of rotatable bonds is 3. The average molecular weight is 386 g/mol. The van der Waals surface area contributed by atoms with E-state index in [0.29, 0.717) is 6.79 Å². The van der Waals surface area contributed by atoms with E-state index in [-0.39, 0.29) is 0 Å². The van der Waals surface area contributed by atoms with Gasteiger partial charge in [-0.3, -0.25) is 4.90 Å². The number of hydrogen-bond donors (Lipinski definition) is 1. The Morgan fingerprint density at radius 2 is 1.97 bits per heavy atom. The number of hydrogen-bond acceptors (Lipinski definition) is 3. The lowest BCUT2D eigenvalue weighted by molar-refractivity contribution is 0.174. The number of benzene rings is 2. The molecule has 4 nitrogen and oxygen atoms in total. The topological polar surface area (TPSA) is 37.5 Å². The summed E-state index contributed by atoms with van der Waals surface area (Å²) in [7, 11) is 0. The largest absolute Gasteiger partial charge is 0.454 e. The molecule has 0 saturated carbocycles. The number of H-pyrrole nitrogens is 1. The minimum atomic E-state index is 0.338. The third kappa shape index (κ3) is 3.12. The molecule has 2 aliphatic heterocycles. The van der Waals surface area contributed by atoms with E-state index in [4.69, 9.17) is 9.47 Å². The van der Waals surface area contributed by atoms with Gasteiger partial charge in [0.2, 0.25) is 6.79 Å². The monoisotopic (exact) mass is 386 g/mol. The summed E-state index contributed by atoms with van der Waals surface area (Å²) in [6, 6.07) is 15.1. The number of fused-ring (bicyclic) bond motifs is 4. The van der Waals surface area contributed by atoms with Gasteiger partial charge < -0.3 is 14.5 Å². The zero-order chi connectivity index (χ0) is 19.2. The second-order valence-electron chi connectivity index (χ2n) is 8.54. The van der Waals surface area contributed by atoms with Crippen LogP contribution in [-0.4, -0.2) is 36.3 Å². The first-order valence-electron chi connectivity index (χ1n) is 10.7. The lowest BCUT2D eigenvalue weighted by Crippen LogP contribution is -2.35. The SMILES string of the molecule is C1=C(c2ccc3c(c2)OCO3)CCN(CC2CCc3[nH]c4ccccc4c3C2)C1. The standard InChI is InChI=1S/C25H26N2O2/c1-2-4-22-20(3-1)21-13-17(5-7-23(21)26-22)15-27-11-9-18(10-12-27)19-6-8-24-25(14-19)29-16-28-24/h1-4,6,8-9,14,17,26H,5,7,10-13,15-16H2. The Bertz CT molecular complexity index is 1100. The van der Waals surface area contributed by atoms with Gasteiger partial charge in [-0.1, -0.05) is 30.3 Å². The van der Waals surface area contributed by atoms with Crippen LogP contribution in [0.25, 0.3) is 16.5 Å². The Morgan fingerprint density at radius 1 is 1.03 bits per heavy atom. The zero-order valence-corrected chi connectivity index (χ0v) is 16.6. The number of aromatic amines is 1. The second kappa shape index (κ2) is 6.96. The van der Waals surface area contributed by atoms with Crippen LogP contribution >= 0.6 is 0 Å². The Balaban J connectivity index is 1.13. The van der Waals surface area contributed by atoms with Gasteiger partial charge in [0.15, 0.2) is 11.5 Å². The van der Waals surface area contributed by atoms with E-state index in [2.05, 4.69) is 52.4 Å². The van der Waals surface area contributed by atoms with Gasteiger partial charge in [0.05, 0.1) is 0 Å². The van der Waals surface area contributed by atoms with Gasteiger partial charge in [-0.05, 0) is 66.5 Å². The van der Waals surface area contributed by atoms with Crippen molar-refractivity contribution in [1.29, 1.82) is 0 Å². The van der Waals surface area contributed by atoms with Crippen molar-refractivity contribution in [3.63, 3.8) is 0 Å². The van der Waals surface area contributed by atoms with Gasteiger partial charge in [0, 0.05) is 36.2 Å². The molecule has 148 valence electrons. The van der Waals surface area contributed by atoms with Crippen LogP contribution in [0.2, 0.25) is 0 Å². The fourth-order valence-electron chi connectivity index (χ4n) is 5.20. The van der Waals surface area contributed by atoms with Crippen LogP contribution in [0.1, 0.15) is 29.7 Å². The molecule has 1 aromatic heterocycles. The molecular weight excluding hydrogens is 360 g/mol. The van der Waals surface area contributed by atoms with Crippen molar-refractivity contribution in [3.8, 4) is 11.5 Å². The minimum absolute atomic E-state index is 0.338. The molecule has 0 saturated heterocycles. The summed E-state index contributed by atoms with van der Waals surface area (Å²) < 4.78 is 11.0. The van der Waals surface area contributed by atoms with Gasteiger partial charge in [-0.15, -0.1) is 0 Å². The van der Waals surface area contributed by atoms with Gasteiger partial charge in [0.1, 0.15) is 0 Å². The van der Waals surface area contributed by atoms with Gasteiger partial charge in [-0.25, -0.2) is 0 Å². The van der Waals surface area contributed by atoms with E-state index in [1.165, 1.54) is 53.5 Å². The first kappa shape index (κ1) is 17.2. The summed E-state index contributed by atoms with van der Waals surface area (Å²) in [5.41, 5.74) is 7.03. The molecule has 3 aliphatic rings. The molecule has 6 rings (SSSR count). The van der Waals surface area contributed by atoms with Crippen molar-refractivity contribution in [2.24, 2.45) is 5.92 Å². The van der Waals surface area contributed by atoms with E-state index < -0.39 is 0 Å². The van der Waals surface area contributed by atoms with Crippen LogP contribution in [0.4, 0.5) is 0 Å². The highest BCUT2D eigenvalue weighted by molar-refractivity contribution is 5.84. The normalized spacial score (nSPS) is 21.2. The van der Waals surface area contributed by atoms with Crippen molar-refractivity contribution in [2.75, 3.05) is 26.4 Å². The predicted octanol–water partition coefficient (Wildman–Crippen LogP) is 4.79. The van der Waals surface area contributed by atoms with Crippen LogP contribution in [0.15, 0.2) is 48.5 Å². The van der Waals surface area contributed by atoms with Crippen molar-refractivity contribution < 1.29 is 9.47 Å². The molecule has 2 aromatic carbocycles. The van der Waals surface area contributed by atoms with Crippen LogP contribution in [0, 0.1) is 5.92 Å². The second-order valence-corrected chi connectivity index (χ2v) is 8.54. The summed E-state index contributed by atoms with van der Waals surface area (Å²) >= 11 is 0. The molecule has 0 spiro atoms. The number of nitrogens with one attached hydrogen (secondary N) is 1. The molecular formula is C25H26N2O2. The lowest BCUT2D eigenvalue weighted by atomic mass is 9.85. The number of para-hydroxylation sites is 1. The Morgan fingerprint density at radius 3 is 2.90 bits per heavy atom. The minimum Gasteiger partial charge on any atom is -0.454 e. The van der Waals surface area contributed by atoms with Gasteiger partial charge >= 0.3 is 0 Å². The molecule has 1 aliphatic carbocycles. The summed E-state index contributed by atoms with van der Waals surface area (Å²) in [6.07, 6.45) is 7.18. The Hall–Kier alpha value is -2.72. The highest BCUT2D eigenvalue weighted by atomic mass is 16.7.